The summed E-state index contributed by atoms with van der Waals surface area (Å²) in [6, 6.07) is 7.60. The number of thiazole rings is 1. The van der Waals surface area contributed by atoms with Gasteiger partial charge in [0.05, 0.1) is 12.0 Å². The average Bonchev–Trinajstić information content (AvgIpc) is 2.83. The average molecular weight is 262 g/mol. The SMILES string of the molecule is CNc1nc(C(C)=O)c(-c2ccc(OC)cc2)s1. The third kappa shape index (κ3) is 2.36. The van der Waals surface area contributed by atoms with Crippen molar-refractivity contribution in [2.24, 2.45) is 0 Å². The monoisotopic (exact) mass is 262 g/mol. The minimum absolute atomic E-state index is 0.0291. The lowest BCUT2D eigenvalue weighted by Crippen LogP contribution is -1.95. The van der Waals surface area contributed by atoms with E-state index in [2.05, 4.69) is 10.3 Å². The van der Waals surface area contributed by atoms with Gasteiger partial charge in [0.15, 0.2) is 10.9 Å². The molecule has 0 bridgehead atoms. The van der Waals surface area contributed by atoms with E-state index in [0.717, 1.165) is 21.3 Å². The number of nitrogens with one attached hydrogen (secondary N) is 1. The summed E-state index contributed by atoms with van der Waals surface area (Å²) in [5.74, 6) is 0.764. The molecule has 0 aliphatic rings. The Bertz CT molecular complexity index is 561. The van der Waals surface area contributed by atoms with Crippen molar-refractivity contribution in [1.82, 2.24) is 4.98 Å². The van der Waals surface area contributed by atoms with Gasteiger partial charge in [0, 0.05) is 14.0 Å². The minimum atomic E-state index is -0.0291. The number of rotatable bonds is 4. The maximum atomic E-state index is 11.6. The number of methoxy groups -OCH3 is 1. The number of benzene rings is 1. The second kappa shape index (κ2) is 5.18. The zero-order chi connectivity index (χ0) is 13.1. The van der Waals surface area contributed by atoms with E-state index in [1.54, 1.807) is 14.2 Å². The van der Waals surface area contributed by atoms with Crippen molar-refractivity contribution in [2.45, 2.75) is 6.92 Å². The zero-order valence-corrected chi connectivity index (χ0v) is 11.3. The Labute approximate surface area is 110 Å². The fraction of sp³-hybridized carbons (Fsp3) is 0.231. The normalized spacial score (nSPS) is 10.2. The lowest BCUT2D eigenvalue weighted by atomic mass is 10.1. The quantitative estimate of drug-likeness (QED) is 0.860. The smallest absolute Gasteiger partial charge is 0.183 e. The Kier molecular flexibility index (Phi) is 3.62. The van der Waals surface area contributed by atoms with Crippen molar-refractivity contribution in [3.8, 4) is 16.2 Å². The molecule has 1 N–H and O–H groups in total. The van der Waals surface area contributed by atoms with Crippen LogP contribution in [0.1, 0.15) is 17.4 Å². The van der Waals surface area contributed by atoms with Crippen LogP contribution in [-0.4, -0.2) is 24.9 Å². The van der Waals surface area contributed by atoms with Gasteiger partial charge in [0.2, 0.25) is 0 Å². The Hall–Kier alpha value is -1.88. The predicted molar refractivity (Wildman–Crippen MR) is 73.7 cm³/mol. The van der Waals surface area contributed by atoms with Crippen LogP contribution >= 0.6 is 11.3 Å². The number of ether oxygens (including phenoxy) is 1. The molecule has 4 nitrogen and oxygen atoms in total. The first-order valence-corrected chi connectivity index (χ1v) is 6.31. The van der Waals surface area contributed by atoms with E-state index in [0.29, 0.717) is 5.69 Å². The van der Waals surface area contributed by atoms with Gasteiger partial charge in [-0.25, -0.2) is 4.98 Å². The predicted octanol–water partition coefficient (Wildman–Crippen LogP) is 3.06. The molecule has 1 aromatic heterocycles. The van der Waals surface area contributed by atoms with Crippen molar-refractivity contribution in [3.63, 3.8) is 0 Å². The second-order valence-electron chi connectivity index (χ2n) is 3.73. The third-order valence-corrected chi connectivity index (χ3v) is 3.65. The third-order valence-electron chi connectivity index (χ3n) is 2.53. The molecule has 0 amide bonds. The van der Waals surface area contributed by atoms with Crippen LogP contribution in [0.2, 0.25) is 0 Å². The summed E-state index contributed by atoms with van der Waals surface area (Å²) in [6.07, 6.45) is 0. The largest absolute Gasteiger partial charge is 0.497 e. The molecule has 94 valence electrons. The van der Waals surface area contributed by atoms with Gasteiger partial charge in [0.25, 0.3) is 0 Å². The molecule has 1 aromatic carbocycles. The summed E-state index contributed by atoms with van der Waals surface area (Å²) in [6.45, 7) is 1.53. The minimum Gasteiger partial charge on any atom is -0.497 e. The van der Waals surface area contributed by atoms with E-state index in [1.165, 1.54) is 18.3 Å². The van der Waals surface area contributed by atoms with E-state index in [4.69, 9.17) is 4.74 Å². The summed E-state index contributed by atoms with van der Waals surface area (Å²) in [5.41, 5.74) is 1.48. The highest BCUT2D eigenvalue weighted by atomic mass is 32.1. The number of carbonyl (C=O) groups is 1. The molecule has 0 saturated heterocycles. The fourth-order valence-corrected chi connectivity index (χ4v) is 2.58. The van der Waals surface area contributed by atoms with Gasteiger partial charge in [-0.1, -0.05) is 11.3 Å². The molecule has 0 fully saturated rings. The summed E-state index contributed by atoms with van der Waals surface area (Å²) in [7, 11) is 3.42. The molecule has 18 heavy (non-hydrogen) atoms. The maximum absolute atomic E-state index is 11.6. The van der Waals surface area contributed by atoms with E-state index in [9.17, 15) is 4.79 Å². The first kappa shape index (κ1) is 12.6. The van der Waals surface area contributed by atoms with Crippen LogP contribution in [-0.2, 0) is 0 Å². The maximum Gasteiger partial charge on any atom is 0.183 e. The van der Waals surface area contributed by atoms with Crippen LogP contribution in [0.25, 0.3) is 10.4 Å². The number of anilines is 1. The van der Waals surface area contributed by atoms with E-state index < -0.39 is 0 Å². The lowest BCUT2D eigenvalue weighted by Gasteiger charge is -2.02. The first-order valence-electron chi connectivity index (χ1n) is 5.49. The van der Waals surface area contributed by atoms with Gasteiger partial charge in [0.1, 0.15) is 11.4 Å². The molecule has 0 aliphatic carbocycles. The standard InChI is InChI=1S/C13H14N2O2S/c1-8(16)11-12(18-13(14-2)15-11)9-4-6-10(17-3)7-5-9/h4-7H,1-3H3,(H,14,15). The van der Waals surface area contributed by atoms with E-state index in [-0.39, 0.29) is 5.78 Å². The zero-order valence-electron chi connectivity index (χ0n) is 10.5. The lowest BCUT2D eigenvalue weighted by molar-refractivity contribution is 0.101. The number of carbonyl (C=O) groups excluding carboxylic acids is 1. The van der Waals surface area contributed by atoms with Gasteiger partial charge in [-0.3, -0.25) is 4.79 Å². The van der Waals surface area contributed by atoms with Crippen molar-refractivity contribution >= 4 is 22.3 Å². The summed E-state index contributed by atoms with van der Waals surface area (Å²) in [4.78, 5) is 16.7. The second-order valence-corrected chi connectivity index (χ2v) is 4.73. The van der Waals surface area contributed by atoms with Crippen molar-refractivity contribution in [3.05, 3.63) is 30.0 Å². The van der Waals surface area contributed by atoms with Crippen molar-refractivity contribution in [1.29, 1.82) is 0 Å². The van der Waals surface area contributed by atoms with Gasteiger partial charge in [-0.15, -0.1) is 0 Å². The van der Waals surface area contributed by atoms with E-state index >= 15 is 0 Å². The molecule has 0 spiro atoms. The Balaban J connectivity index is 2.47. The molecule has 0 saturated carbocycles. The van der Waals surface area contributed by atoms with Crippen LogP contribution in [0, 0.1) is 0 Å². The molecule has 0 unspecified atom stereocenters. The Morgan fingerprint density at radius 3 is 2.50 bits per heavy atom. The van der Waals surface area contributed by atoms with Crippen LogP contribution in [0.5, 0.6) is 5.75 Å². The first-order chi connectivity index (χ1) is 8.65. The molecule has 2 aromatic rings. The Morgan fingerprint density at radius 2 is 2.00 bits per heavy atom. The van der Waals surface area contributed by atoms with Gasteiger partial charge in [-0.2, -0.15) is 0 Å². The van der Waals surface area contributed by atoms with Gasteiger partial charge in [-0.05, 0) is 29.8 Å². The van der Waals surface area contributed by atoms with Crippen LogP contribution < -0.4 is 10.1 Å². The van der Waals surface area contributed by atoms with E-state index in [1.807, 2.05) is 24.3 Å². The van der Waals surface area contributed by atoms with Crippen molar-refractivity contribution in [2.75, 3.05) is 19.5 Å². The highest BCUT2D eigenvalue weighted by Crippen LogP contribution is 2.34. The summed E-state index contributed by atoms with van der Waals surface area (Å²) >= 11 is 1.47. The highest BCUT2D eigenvalue weighted by Gasteiger charge is 2.15. The van der Waals surface area contributed by atoms with Gasteiger partial charge >= 0.3 is 0 Å². The molecule has 0 atom stereocenters. The number of ketones is 1. The number of aromatic nitrogens is 1. The Morgan fingerprint density at radius 1 is 1.33 bits per heavy atom. The fourth-order valence-electron chi connectivity index (χ4n) is 1.60. The number of hydrogen-bond acceptors (Lipinski definition) is 5. The topological polar surface area (TPSA) is 51.2 Å². The summed E-state index contributed by atoms with van der Waals surface area (Å²) in [5, 5.41) is 3.71. The van der Waals surface area contributed by atoms with Crippen LogP contribution in [0.15, 0.2) is 24.3 Å². The van der Waals surface area contributed by atoms with Crippen LogP contribution in [0.4, 0.5) is 5.13 Å². The molecule has 5 heteroatoms. The number of hydrogen-bond donors (Lipinski definition) is 1. The number of nitrogens with zero attached hydrogens (tertiary/aromatic N) is 1. The molecular formula is C13H14N2O2S. The highest BCUT2D eigenvalue weighted by molar-refractivity contribution is 7.19. The summed E-state index contributed by atoms with van der Waals surface area (Å²) < 4.78 is 5.12. The molecule has 0 radical (unpaired) electrons. The molecule has 2 rings (SSSR count). The molecular weight excluding hydrogens is 248 g/mol. The molecule has 1 heterocycles. The van der Waals surface area contributed by atoms with Crippen LogP contribution in [0.3, 0.4) is 0 Å². The molecule has 0 aliphatic heterocycles. The van der Waals surface area contributed by atoms with Gasteiger partial charge < -0.3 is 10.1 Å². The number of Topliss-reactive ketones (excluding diaryl/α,β-unsaturated/α-hetero) is 1. The van der Waals surface area contributed by atoms with Crippen molar-refractivity contribution < 1.29 is 9.53 Å².